The number of halogens is 2. The number of piperazine rings is 1. The molecule has 2 aliphatic rings. The van der Waals surface area contributed by atoms with E-state index in [9.17, 15) is 23.6 Å². The van der Waals surface area contributed by atoms with Gasteiger partial charge in [-0.25, -0.2) is 13.3 Å². The van der Waals surface area contributed by atoms with Gasteiger partial charge < -0.3 is 29.6 Å². The molecule has 0 spiro atoms. The molecular formula is C22H30F2N3O7P. The van der Waals surface area contributed by atoms with Crippen molar-refractivity contribution in [3.8, 4) is 17.5 Å². The number of alkyl halides is 1. The minimum absolute atomic E-state index is 0.234. The summed E-state index contributed by atoms with van der Waals surface area (Å²) in [6.45, 7) is 3.82. The number of fused-ring (bicyclic) bond motifs is 1. The van der Waals surface area contributed by atoms with Crippen molar-refractivity contribution in [2.75, 3.05) is 44.7 Å². The highest BCUT2D eigenvalue weighted by molar-refractivity contribution is 7.46. The van der Waals surface area contributed by atoms with Gasteiger partial charge in [-0.1, -0.05) is 0 Å². The van der Waals surface area contributed by atoms with Crippen LogP contribution in [0.5, 0.6) is 17.5 Å². The van der Waals surface area contributed by atoms with Crippen LogP contribution < -0.4 is 9.64 Å². The van der Waals surface area contributed by atoms with E-state index < -0.39 is 20.1 Å². The number of ether oxygens (including phenoxy) is 1. The first-order valence-corrected chi connectivity index (χ1v) is 12.9. The molecule has 1 aromatic heterocycles. The molecule has 2 heterocycles. The second-order valence-corrected chi connectivity index (χ2v) is 10.0. The number of aromatic hydroxyl groups is 2. The molecule has 13 heteroatoms. The summed E-state index contributed by atoms with van der Waals surface area (Å²) < 4.78 is 50.4. The van der Waals surface area contributed by atoms with Crippen molar-refractivity contribution in [1.29, 1.82) is 0 Å². The number of phosphoric acid groups is 1. The largest absolute Gasteiger partial charge is 0.495 e. The molecular weight excluding hydrogens is 487 g/mol. The van der Waals surface area contributed by atoms with Gasteiger partial charge in [-0.3, -0.25) is 14.0 Å². The molecule has 0 amide bonds. The summed E-state index contributed by atoms with van der Waals surface area (Å²) in [7, 11) is -3.34. The van der Waals surface area contributed by atoms with Crippen LogP contribution in [0.3, 0.4) is 0 Å². The number of rotatable bonds is 8. The third kappa shape index (κ3) is 5.73. The first-order valence-electron chi connectivity index (χ1n) is 11.4. The van der Waals surface area contributed by atoms with Crippen molar-refractivity contribution in [2.45, 2.75) is 38.1 Å². The number of benzene rings is 1. The average Bonchev–Trinajstić information content (AvgIpc) is 3.03. The zero-order chi connectivity index (χ0) is 25.3. The molecule has 2 atom stereocenters. The summed E-state index contributed by atoms with van der Waals surface area (Å²) in [6.07, 6.45) is -3.08. The molecule has 2 aromatic rings. The summed E-state index contributed by atoms with van der Waals surface area (Å²) in [5.74, 6) is -0.188. The third-order valence-electron chi connectivity index (χ3n) is 6.61. The highest BCUT2D eigenvalue weighted by atomic mass is 31.2. The van der Waals surface area contributed by atoms with Crippen LogP contribution in [0, 0.1) is 5.82 Å². The van der Waals surface area contributed by atoms with Gasteiger partial charge in [-0.15, -0.1) is 0 Å². The van der Waals surface area contributed by atoms with E-state index in [1.807, 2.05) is 0 Å². The van der Waals surface area contributed by atoms with E-state index in [1.54, 1.807) is 13.2 Å². The van der Waals surface area contributed by atoms with Crippen LogP contribution in [0.2, 0.25) is 0 Å². The monoisotopic (exact) mass is 517 g/mol. The number of hydrogen-bond acceptors (Lipinski definition) is 7. The van der Waals surface area contributed by atoms with Crippen LogP contribution >= 0.6 is 7.82 Å². The molecule has 1 fully saturated rings. The van der Waals surface area contributed by atoms with Crippen molar-refractivity contribution >= 4 is 13.5 Å². The Balaban J connectivity index is 1.33. The van der Waals surface area contributed by atoms with Gasteiger partial charge in [-0.2, -0.15) is 0 Å². The zero-order valence-electron chi connectivity index (χ0n) is 19.3. The van der Waals surface area contributed by atoms with Crippen LogP contribution in [0.15, 0.2) is 18.2 Å². The minimum Gasteiger partial charge on any atom is -0.495 e. The molecule has 35 heavy (non-hydrogen) atoms. The molecule has 4 N–H and O–H groups in total. The standard InChI is InChI=1S/C22H30F2N3O7P/c1-33-19-4-3-14(23)11-18(19)26-9-7-25(8-10-26)5-2-6-27-21(28)15-12-17(24)20(34-35(30,31)32)13-16(15)22(27)29/h3-4,11,17,20,28-29H,2,5-10,12-13H2,1H3,(H2,30,31,32). The van der Waals surface area contributed by atoms with Crippen molar-refractivity contribution in [3.63, 3.8) is 0 Å². The lowest BCUT2D eigenvalue weighted by Gasteiger charge is -2.36. The molecule has 0 bridgehead atoms. The average molecular weight is 517 g/mol. The molecule has 0 saturated carbocycles. The predicted octanol–water partition coefficient (Wildman–Crippen LogP) is 2.17. The first kappa shape index (κ1) is 25.7. The fourth-order valence-corrected chi connectivity index (χ4v) is 5.41. The quantitative estimate of drug-likeness (QED) is 0.390. The van der Waals surface area contributed by atoms with Gasteiger partial charge in [0.05, 0.1) is 12.8 Å². The summed E-state index contributed by atoms with van der Waals surface area (Å²) >= 11 is 0. The van der Waals surface area contributed by atoms with E-state index in [2.05, 4.69) is 14.3 Å². The van der Waals surface area contributed by atoms with E-state index in [0.717, 1.165) is 13.1 Å². The Morgan fingerprint density at radius 1 is 1.06 bits per heavy atom. The molecule has 2 unspecified atom stereocenters. The number of methoxy groups -OCH3 is 1. The Labute approximate surface area is 201 Å². The van der Waals surface area contributed by atoms with E-state index in [0.29, 0.717) is 37.5 Å². The Bertz CT molecular complexity index is 1100. The van der Waals surface area contributed by atoms with Crippen molar-refractivity contribution in [2.24, 2.45) is 0 Å². The van der Waals surface area contributed by atoms with Gasteiger partial charge in [0.25, 0.3) is 0 Å². The lowest BCUT2D eigenvalue weighted by atomic mass is 9.91. The SMILES string of the molecule is COc1ccc(F)cc1N1CCN(CCCn2c(O)c3c(c2O)CC(OP(=O)(O)O)C(F)C3)CC1. The summed E-state index contributed by atoms with van der Waals surface area (Å²) in [5.41, 5.74) is 1.19. The Morgan fingerprint density at radius 3 is 2.34 bits per heavy atom. The number of phosphoric ester groups is 1. The summed E-state index contributed by atoms with van der Waals surface area (Å²) in [4.78, 5) is 22.3. The highest BCUT2D eigenvalue weighted by Gasteiger charge is 2.39. The number of nitrogens with zero attached hydrogens (tertiary/aromatic N) is 3. The van der Waals surface area contributed by atoms with Crippen LogP contribution in [-0.2, 0) is 28.5 Å². The Hall–Kier alpha value is -2.37. The van der Waals surface area contributed by atoms with E-state index in [1.165, 1.54) is 16.7 Å². The Kier molecular flexibility index (Phi) is 7.58. The van der Waals surface area contributed by atoms with E-state index in [4.69, 9.17) is 14.5 Å². The summed E-state index contributed by atoms with van der Waals surface area (Å²) in [5, 5.41) is 21.1. The molecule has 1 aromatic carbocycles. The lowest BCUT2D eigenvalue weighted by Crippen LogP contribution is -2.46. The highest BCUT2D eigenvalue weighted by Crippen LogP contribution is 2.45. The minimum atomic E-state index is -4.89. The van der Waals surface area contributed by atoms with Crippen molar-refractivity contribution < 1.29 is 42.6 Å². The smallest absolute Gasteiger partial charge is 0.469 e. The lowest BCUT2D eigenvalue weighted by molar-refractivity contribution is 0.0595. The van der Waals surface area contributed by atoms with Gasteiger partial charge >= 0.3 is 7.82 Å². The Morgan fingerprint density at radius 2 is 1.71 bits per heavy atom. The van der Waals surface area contributed by atoms with Crippen molar-refractivity contribution in [3.05, 3.63) is 35.1 Å². The van der Waals surface area contributed by atoms with Gasteiger partial charge in [0.2, 0.25) is 0 Å². The second kappa shape index (κ2) is 10.3. The fraction of sp³-hybridized carbons (Fsp3) is 0.545. The molecule has 1 aliphatic carbocycles. The number of anilines is 1. The molecule has 4 rings (SSSR count). The number of aromatic nitrogens is 1. The third-order valence-corrected chi connectivity index (χ3v) is 7.15. The zero-order valence-corrected chi connectivity index (χ0v) is 20.2. The van der Waals surface area contributed by atoms with Gasteiger partial charge in [0.15, 0.2) is 11.8 Å². The normalized spacial score (nSPS) is 21.2. The van der Waals surface area contributed by atoms with E-state index in [-0.39, 0.29) is 48.1 Å². The van der Waals surface area contributed by atoms with Crippen molar-refractivity contribution in [1.82, 2.24) is 9.47 Å². The van der Waals surface area contributed by atoms with Crippen LogP contribution in [0.25, 0.3) is 0 Å². The maximum Gasteiger partial charge on any atom is 0.469 e. The molecule has 0 radical (unpaired) electrons. The summed E-state index contributed by atoms with van der Waals surface area (Å²) in [6, 6.07) is 4.44. The van der Waals surface area contributed by atoms with Gasteiger partial charge in [0.1, 0.15) is 23.8 Å². The van der Waals surface area contributed by atoms with Crippen LogP contribution in [0.4, 0.5) is 14.5 Å². The molecule has 194 valence electrons. The molecule has 1 saturated heterocycles. The van der Waals surface area contributed by atoms with Crippen LogP contribution in [0.1, 0.15) is 17.5 Å². The molecule has 10 nitrogen and oxygen atoms in total. The predicted molar refractivity (Wildman–Crippen MR) is 123 cm³/mol. The maximum atomic E-state index is 14.4. The second-order valence-electron chi connectivity index (χ2n) is 8.81. The van der Waals surface area contributed by atoms with Gasteiger partial charge in [0, 0.05) is 62.8 Å². The maximum absolute atomic E-state index is 14.4. The van der Waals surface area contributed by atoms with Crippen LogP contribution in [-0.4, -0.2) is 81.6 Å². The number of hydrogen-bond donors (Lipinski definition) is 4. The molecule has 1 aliphatic heterocycles. The topological polar surface area (TPSA) is 128 Å². The van der Waals surface area contributed by atoms with E-state index >= 15 is 0 Å². The first-order chi connectivity index (χ1) is 16.6. The fourth-order valence-electron chi connectivity index (χ4n) is 4.85. The van der Waals surface area contributed by atoms with Gasteiger partial charge in [-0.05, 0) is 25.1 Å².